The molecule has 5 nitrogen and oxygen atoms in total. The molecule has 2 N–H and O–H groups in total. The molecule has 0 spiro atoms. The Morgan fingerprint density at radius 3 is 2.59 bits per heavy atom. The van der Waals surface area contributed by atoms with Gasteiger partial charge in [0.25, 0.3) is 0 Å². The van der Waals surface area contributed by atoms with Gasteiger partial charge < -0.3 is 5.32 Å². The van der Waals surface area contributed by atoms with Gasteiger partial charge in [-0.3, -0.25) is 0 Å². The lowest BCUT2D eigenvalue weighted by molar-refractivity contribution is 0.252. The van der Waals surface area contributed by atoms with Gasteiger partial charge in [-0.25, -0.2) is 15.2 Å². The van der Waals surface area contributed by atoms with Gasteiger partial charge in [0.2, 0.25) is 0 Å². The first-order valence-corrected chi connectivity index (χ1v) is 7.56. The predicted molar refractivity (Wildman–Crippen MR) is 90.4 cm³/mol. The molecule has 0 unspecified atom stereocenters. The Balaban J connectivity index is 1.68. The second kappa shape index (κ2) is 6.36. The quantitative estimate of drug-likeness (QED) is 0.570. The molecule has 0 bridgehead atoms. The van der Waals surface area contributed by atoms with E-state index in [4.69, 9.17) is 0 Å². The van der Waals surface area contributed by atoms with Crippen molar-refractivity contribution in [3.63, 3.8) is 0 Å². The number of carbonyl (C=O) groups excluding carboxylic acids is 1. The third-order valence-corrected chi connectivity index (χ3v) is 4.11. The second-order valence-corrected chi connectivity index (χ2v) is 5.65. The number of amides is 2. The van der Waals surface area contributed by atoms with Crippen LogP contribution in [0.25, 0.3) is 10.2 Å². The molecule has 1 aromatic heterocycles. The van der Waals surface area contributed by atoms with Crippen LogP contribution in [0.1, 0.15) is 11.9 Å². The maximum Gasteiger partial charge on any atom is 0.339 e. The van der Waals surface area contributed by atoms with Gasteiger partial charge in [-0.05, 0) is 31.2 Å². The van der Waals surface area contributed by atoms with E-state index in [1.54, 1.807) is 11.3 Å². The number of para-hydroxylation sites is 2. The number of aromatic nitrogens is 1. The van der Waals surface area contributed by atoms with E-state index in [-0.39, 0.29) is 6.03 Å². The molecule has 2 aromatic carbocycles. The third kappa shape index (κ3) is 3.29. The van der Waals surface area contributed by atoms with Crippen molar-refractivity contribution in [2.24, 2.45) is 5.10 Å². The number of anilines is 1. The van der Waals surface area contributed by atoms with Crippen LogP contribution in [0.2, 0.25) is 0 Å². The Kier molecular flexibility index (Phi) is 4.11. The SMILES string of the molecule is C/C(=N/NC(=O)Nc1ccccc1)c1nc2ccccc2s1. The van der Waals surface area contributed by atoms with Crippen molar-refractivity contribution in [2.75, 3.05) is 5.32 Å². The van der Waals surface area contributed by atoms with Crippen molar-refractivity contribution < 1.29 is 4.79 Å². The monoisotopic (exact) mass is 310 g/mol. The van der Waals surface area contributed by atoms with Crippen molar-refractivity contribution in [1.29, 1.82) is 0 Å². The maximum absolute atomic E-state index is 11.8. The van der Waals surface area contributed by atoms with Gasteiger partial charge in [0.05, 0.1) is 15.9 Å². The van der Waals surface area contributed by atoms with E-state index < -0.39 is 0 Å². The highest BCUT2D eigenvalue weighted by Gasteiger charge is 2.07. The van der Waals surface area contributed by atoms with E-state index in [9.17, 15) is 4.79 Å². The van der Waals surface area contributed by atoms with E-state index in [1.807, 2.05) is 61.5 Å². The van der Waals surface area contributed by atoms with Gasteiger partial charge >= 0.3 is 6.03 Å². The number of hydrazone groups is 1. The van der Waals surface area contributed by atoms with Crippen LogP contribution in [0.4, 0.5) is 10.5 Å². The highest BCUT2D eigenvalue weighted by molar-refractivity contribution is 7.20. The van der Waals surface area contributed by atoms with Gasteiger partial charge in [-0.1, -0.05) is 30.3 Å². The third-order valence-electron chi connectivity index (χ3n) is 2.96. The minimum Gasteiger partial charge on any atom is -0.307 e. The van der Waals surface area contributed by atoms with Crippen molar-refractivity contribution in [3.05, 3.63) is 59.6 Å². The second-order valence-electron chi connectivity index (χ2n) is 4.62. The molecule has 3 rings (SSSR count). The van der Waals surface area contributed by atoms with Gasteiger partial charge in [-0.15, -0.1) is 11.3 Å². The molecular formula is C16H14N4OS. The summed E-state index contributed by atoms with van der Waals surface area (Å²) in [6.45, 7) is 1.82. The van der Waals surface area contributed by atoms with Crippen LogP contribution in [-0.2, 0) is 0 Å². The fraction of sp³-hybridized carbons (Fsp3) is 0.0625. The van der Waals surface area contributed by atoms with Crippen LogP contribution in [-0.4, -0.2) is 16.7 Å². The Labute approximate surface area is 131 Å². The van der Waals surface area contributed by atoms with Gasteiger partial charge in [-0.2, -0.15) is 5.10 Å². The number of hydrogen-bond donors (Lipinski definition) is 2. The van der Waals surface area contributed by atoms with Gasteiger partial charge in [0.1, 0.15) is 5.01 Å². The Bertz CT molecular complexity index is 793. The summed E-state index contributed by atoms with van der Waals surface area (Å²) in [7, 11) is 0. The fourth-order valence-electron chi connectivity index (χ4n) is 1.89. The zero-order valence-corrected chi connectivity index (χ0v) is 12.7. The highest BCUT2D eigenvalue weighted by atomic mass is 32.1. The minimum absolute atomic E-state index is 0.383. The number of carbonyl (C=O) groups is 1. The summed E-state index contributed by atoms with van der Waals surface area (Å²) in [5.41, 5.74) is 4.80. The number of benzene rings is 2. The van der Waals surface area contributed by atoms with Gasteiger partial charge in [0, 0.05) is 5.69 Å². The summed E-state index contributed by atoms with van der Waals surface area (Å²) >= 11 is 1.55. The van der Waals surface area contributed by atoms with Crippen LogP contribution >= 0.6 is 11.3 Å². The van der Waals surface area contributed by atoms with Gasteiger partial charge in [0.15, 0.2) is 0 Å². The summed E-state index contributed by atoms with van der Waals surface area (Å²) in [6, 6.07) is 16.7. The molecule has 2 amide bonds. The van der Waals surface area contributed by atoms with Crippen LogP contribution in [0.5, 0.6) is 0 Å². The highest BCUT2D eigenvalue weighted by Crippen LogP contribution is 2.21. The maximum atomic E-state index is 11.8. The first-order valence-electron chi connectivity index (χ1n) is 6.74. The van der Waals surface area contributed by atoms with Crippen molar-refractivity contribution in [3.8, 4) is 0 Å². The Hall–Kier alpha value is -2.73. The largest absolute Gasteiger partial charge is 0.339 e. The average Bonchev–Trinajstić information content (AvgIpc) is 2.98. The molecule has 0 saturated carbocycles. The van der Waals surface area contributed by atoms with E-state index >= 15 is 0 Å². The molecule has 110 valence electrons. The number of fused-ring (bicyclic) bond motifs is 1. The van der Waals surface area contributed by atoms with Crippen molar-refractivity contribution in [1.82, 2.24) is 10.4 Å². The molecule has 3 aromatic rings. The van der Waals surface area contributed by atoms with Crippen LogP contribution in [0.3, 0.4) is 0 Å². The summed E-state index contributed by atoms with van der Waals surface area (Å²) in [5.74, 6) is 0. The van der Waals surface area contributed by atoms with Crippen molar-refractivity contribution in [2.45, 2.75) is 6.92 Å². The summed E-state index contributed by atoms with van der Waals surface area (Å²) < 4.78 is 1.10. The first kappa shape index (κ1) is 14.2. The molecule has 0 fully saturated rings. The van der Waals surface area contributed by atoms with E-state index in [0.717, 1.165) is 15.2 Å². The number of urea groups is 1. The number of rotatable bonds is 3. The van der Waals surface area contributed by atoms with E-state index in [1.165, 1.54) is 0 Å². The van der Waals surface area contributed by atoms with E-state index in [2.05, 4.69) is 20.8 Å². The number of hydrogen-bond acceptors (Lipinski definition) is 4. The predicted octanol–water partition coefficient (Wildman–Crippen LogP) is 3.84. The topological polar surface area (TPSA) is 66.4 Å². The molecule has 0 atom stereocenters. The smallest absolute Gasteiger partial charge is 0.307 e. The molecule has 6 heteroatoms. The lowest BCUT2D eigenvalue weighted by Gasteiger charge is -2.03. The minimum atomic E-state index is -0.383. The molecule has 0 radical (unpaired) electrons. The molecule has 22 heavy (non-hydrogen) atoms. The molecule has 0 aliphatic carbocycles. The lowest BCUT2D eigenvalue weighted by Crippen LogP contribution is -2.25. The Morgan fingerprint density at radius 1 is 1.09 bits per heavy atom. The molecule has 1 heterocycles. The van der Waals surface area contributed by atoms with Crippen LogP contribution in [0.15, 0.2) is 59.7 Å². The van der Waals surface area contributed by atoms with Crippen molar-refractivity contribution >= 4 is 39.0 Å². The number of nitrogens with one attached hydrogen (secondary N) is 2. The summed E-state index contributed by atoms with van der Waals surface area (Å²) in [6.07, 6.45) is 0. The fourth-order valence-corrected chi connectivity index (χ4v) is 2.80. The van der Waals surface area contributed by atoms with Crippen LogP contribution in [0, 0.1) is 0 Å². The molecule has 0 aliphatic rings. The molecular weight excluding hydrogens is 296 g/mol. The average molecular weight is 310 g/mol. The number of thiazole rings is 1. The van der Waals surface area contributed by atoms with Crippen LogP contribution < -0.4 is 10.7 Å². The zero-order valence-electron chi connectivity index (χ0n) is 11.9. The number of nitrogens with zero attached hydrogens (tertiary/aromatic N) is 2. The normalized spacial score (nSPS) is 11.4. The molecule has 0 saturated heterocycles. The van der Waals surface area contributed by atoms with E-state index in [0.29, 0.717) is 11.4 Å². The lowest BCUT2D eigenvalue weighted by atomic mass is 10.3. The molecule has 0 aliphatic heterocycles. The zero-order chi connectivity index (χ0) is 15.4. The Morgan fingerprint density at radius 2 is 1.82 bits per heavy atom. The standard InChI is InChI=1S/C16H14N4OS/c1-11(15-18-13-9-5-6-10-14(13)22-15)19-20-16(21)17-12-7-3-2-4-8-12/h2-10H,1H3,(H2,17,20,21)/b19-11-. The summed E-state index contributed by atoms with van der Waals surface area (Å²) in [5, 5.41) is 7.58. The first-order chi connectivity index (χ1) is 10.7. The summed E-state index contributed by atoms with van der Waals surface area (Å²) in [4.78, 5) is 16.3.